The summed E-state index contributed by atoms with van der Waals surface area (Å²) in [5.41, 5.74) is 4.11. The third kappa shape index (κ3) is 5.36. The average molecular weight is 252 g/mol. The molecular formula is C18H20O. The lowest BCUT2D eigenvalue weighted by atomic mass is 10.1. The molecule has 2 aromatic rings. The number of aliphatic hydroxyl groups excluding tert-OH is 1. The van der Waals surface area contributed by atoms with Crippen molar-refractivity contribution in [1.82, 2.24) is 0 Å². The summed E-state index contributed by atoms with van der Waals surface area (Å²) in [7, 11) is 0. The molecule has 0 atom stereocenters. The summed E-state index contributed by atoms with van der Waals surface area (Å²) in [6.07, 6.45) is 0. The highest BCUT2D eigenvalue weighted by molar-refractivity contribution is 5.63. The molecule has 1 N–H and O–H groups in total. The second-order valence-electron chi connectivity index (χ2n) is 4.27. The number of hydrogen-bond acceptors (Lipinski definition) is 1. The van der Waals surface area contributed by atoms with E-state index in [1.165, 1.54) is 5.56 Å². The van der Waals surface area contributed by atoms with Gasteiger partial charge >= 0.3 is 0 Å². The van der Waals surface area contributed by atoms with Crippen LogP contribution in [0, 0.1) is 0 Å². The van der Waals surface area contributed by atoms with Crippen LogP contribution in [0.25, 0.3) is 11.1 Å². The van der Waals surface area contributed by atoms with Gasteiger partial charge < -0.3 is 5.11 Å². The molecule has 1 heteroatoms. The van der Waals surface area contributed by atoms with Gasteiger partial charge in [-0.25, -0.2) is 0 Å². The molecule has 2 aromatic carbocycles. The van der Waals surface area contributed by atoms with E-state index in [-0.39, 0.29) is 6.61 Å². The lowest BCUT2D eigenvalue weighted by molar-refractivity contribution is 0.350. The molecule has 2 rings (SSSR count). The van der Waals surface area contributed by atoms with Crippen molar-refractivity contribution in [3.8, 4) is 0 Å². The Morgan fingerprint density at radius 1 is 0.842 bits per heavy atom. The lowest BCUT2D eigenvalue weighted by Crippen LogP contribution is -1.86. The summed E-state index contributed by atoms with van der Waals surface area (Å²) in [5, 5.41) is 8.69. The smallest absolute Gasteiger partial charge is 0.0681 e. The molecule has 0 radical (unpaired) electrons. The van der Waals surface area contributed by atoms with Gasteiger partial charge in [0.2, 0.25) is 0 Å². The molecular weight excluding hydrogens is 232 g/mol. The summed E-state index contributed by atoms with van der Waals surface area (Å²) in [6.45, 7) is 9.56. The van der Waals surface area contributed by atoms with Crippen LogP contribution >= 0.6 is 0 Å². The van der Waals surface area contributed by atoms with Crippen molar-refractivity contribution in [2.24, 2.45) is 0 Å². The third-order valence-electron chi connectivity index (χ3n) is 2.64. The van der Waals surface area contributed by atoms with Crippen LogP contribution in [0.1, 0.15) is 18.1 Å². The fourth-order valence-electron chi connectivity index (χ4n) is 1.49. The van der Waals surface area contributed by atoms with Gasteiger partial charge in [0.25, 0.3) is 0 Å². The van der Waals surface area contributed by atoms with Gasteiger partial charge in [0.15, 0.2) is 0 Å². The number of rotatable bonds is 3. The Kier molecular flexibility index (Phi) is 6.34. The Bertz CT molecular complexity index is 512. The van der Waals surface area contributed by atoms with Crippen LogP contribution in [-0.2, 0) is 0 Å². The van der Waals surface area contributed by atoms with Gasteiger partial charge in [-0.15, -0.1) is 0 Å². The zero-order chi connectivity index (χ0) is 14.1. The number of benzene rings is 2. The molecule has 0 aromatic heterocycles. The summed E-state index contributed by atoms with van der Waals surface area (Å²) < 4.78 is 0. The standard InChI is InChI=1S/C9H10O.C9H10/c1-8(7-10)9-5-3-2-4-6-9;1-8(2)9-6-4-3-5-7-9/h2-6,10H,1,7H2;3-7H,1H2,2H3. The Morgan fingerprint density at radius 3 is 1.58 bits per heavy atom. The van der Waals surface area contributed by atoms with Crippen molar-refractivity contribution in [1.29, 1.82) is 0 Å². The summed E-state index contributed by atoms with van der Waals surface area (Å²) in [5.74, 6) is 0. The van der Waals surface area contributed by atoms with Crippen LogP contribution in [0.5, 0.6) is 0 Å². The van der Waals surface area contributed by atoms with Crippen molar-refractivity contribution in [3.05, 3.63) is 84.9 Å². The third-order valence-corrected chi connectivity index (χ3v) is 2.64. The summed E-state index contributed by atoms with van der Waals surface area (Å²) in [6, 6.07) is 19.8. The highest BCUT2D eigenvalue weighted by Gasteiger charge is 1.92. The Morgan fingerprint density at radius 2 is 1.26 bits per heavy atom. The normalized spacial score (nSPS) is 9.16. The molecule has 98 valence electrons. The maximum Gasteiger partial charge on any atom is 0.0681 e. The molecule has 1 nitrogen and oxygen atoms in total. The van der Waals surface area contributed by atoms with Crippen LogP contribution < -0.4 is 0 Å². The van der Waals surface area contributed by atoms with Crippen LogP contribution in [0.2, 0.25) is 0 Å². The van der Waals surface area contributed by atoms with Crippen LogP contribution in [0.4, 0.5) is 0 Å². The lowest BCUT2D eigenvalue weighted by Gasteiger charge is -1.98. The van der Waals surface area contributed by atoms with E-state index in [0.717, 1.165) is 16.7 Å². The quantitative estimate of drug-likeness (QED) is 0.857. The molecule has 0 bridgehead atoms. The molecule has 0 heterocycles. The zero-order valence-electron chi connectivity index (χ0n) is 11.3. The van der Waals surface area contributed by atoms with Crippen molar-refractivity contribution >= 4 is 11.1 Å². The first kappa shape index (κ1) is 14.9. The Labute approximate surface area is 115 Å². The first-order chi connectivity index (χ1) is 9.15. The maximum atomic E-state index is 8.69. The van der Waals surface area contributed by atoms with Gasteiger partial charge in [-0.2, -0.15) is 0 Å². The topological polar surface area (TPSA) is 20.2 Å². The highest BCUT2D eigenvalue weighted by Crippen LogP contribution is 2.09. The monoisotopic (exact) mass is 252 g/mol. The fourth-order valence-corrected chi connectivity index (χ4v) is 1.49. The first-order valence-corrected chi connectivity index (χ1v) is 6.20. The highest BCUT2D eigenvalue weighted by atomic mass is 16.3. The minimum atomic E-state index is 0.0318. The Hall–Kier alpha value is -2.12. The zero-order valence-corrected chi connectivity index (χ0v) is 11.3. The first-order valence-electron chi connectivity index (χ1n) is 6.20. The van der Waals surface area contributed by atoms with E-state index in [9.17, 15) is 0 Å². The minimum absolute atomic E-state index is 0.0318. The maximum absolute atomic E-state index is 8.69. The minimum Gasteiger partial charge on any atom is -0.392 e. The molecule has 0 aliphatic rings. The van der Waals surface area contributed by atoms with E-state index >= 15 is 0 Å². The van der Waals surface area contributed by atoms with E-state index in [2.05, 4.69) is 25.3 Å². The largest absolute Gasteiger partial charge is 0.392 e. The van der Waals surface area contributed by atoms with Gasteiger partial charge in [-0.1, -0.05) is 79.4 Å². The molecule has 0 unspecified atom stereocenters. The predicted octanol–water partition coefficient (Wildman–Crippen LogP) is 4.41. The van der Waals surface area contributed by atoms with E-state index in [0.29, 0.717) is 0 Å². The molecule has 0 amide bonds. The molecule has 0 aliphatic heterocycles. The number of hydrogen-bond donors (Lipinski definition) is 1. The average Bonchev–Trinajstić information content (AvgIpc) is 2.49. The van der Waals surface area contributed by atoms with Gasteiger partial charge in [0.1, 0.15) is 0 Å². The second kappa shape index (κ2) is 8.06. The molecule has 0 aliphatic carbocycles. The van der Waals surface area contributed by atoms with Gasteiger partial charge in [-0.05, 0) is 23.6 Å². The van der Waals surface area contributed by atoms with Crippen LogP contribution in [0.3, 0.4) is 0 Å². The molecule has 0 spiro atoms. The van der Waals surface area contributed by atoms with Crippen molar-refractivity contribution < 1.29 is 5.11 Å². The SMILES string of the molecule is C=C(C)c1ccccc1.C=C(CO)c1ccccc1. The second-order valence-corrected chi connectivity index (χ2v) is 4.27. The number of allylic oxidation sites excluding steroid dienone is 1. The Balaban J connectivity index is 0.000000191. The van der Waals surface area contributed by atoms with Gasteiger partial charge in [-0.3, -0.25) is 0 Å². The van der Waals surface area contributed by atoms with Crippen LogP contribution in [-0.4, -0.2) is 11.7 Å². The molecule has 0 saturated heterocycles. The molecule has 0 fully saturated rings. The van der Waals surface area contributed by atoms with E-state index < -0.39 is 0 Å². The summed E-state index contributed by atoms with van der Waals surface area (Å²) >= 11 is 0. The molecule has 0 saturated carbocycles. The number of aliphatic hydroxyl groups is 1. The van der Waals surface area contributed by atoms with Gasteiger partial charge in [0.05, 0.1) is 6.61 Å². The van der Waals surface area contributed by atoms with Crippen LogP contribution in [0.15, 0.2) is 73.8 Å². The fraction of sp³-hybridized carbons (Fsp3) is 0.111. The van der Waals surface area contributed by atoms with E-state index in [4.69, 9.17) is 5.11 Å². The van der Waals surface area contributed by atoms with Crippen molar-refractivity contribution in [2.75, 3.05) is 6.61 Å². The summed E-state index contributed by atoms with van der Waals surface area (Å²) in [4.78, 5) is 0. The predicted molar refractivity (Wildman–Crippen MR) is 83.7 cm³/mol. The van der Waals surface area contributed by atoms with Crippen molar-refractivity contribution in [3.63, 3.8) is 0 Å². The van der Waals surface area contributed by atoms with E-state index in [1.54, 1.807) is 0 Å². The van der Waals surface area contributed by atoms with E-state index in [1.807, 2.05) is 55.5 Å². The van der Waals surface area contributed by atoms with Gasteiger partial charge in [0, 0.05) is 0 Å². The molecule has 19 heavy (non-hydrogen) atoms. The van der Waals surface area contributed by atoms with Crippen molar-refractivity contribution in [2.45, 2.75) is 6.92 Å².